The lowest BCUT2D eigenvalue weighted by atomic mass is 10.1. The van der Waals surface area contributed by atoms with Gasteiger partial charge >= 0.3 is 0 Å². The van der Waals surface area contributed by atoms with Gasteiger partial charge in [0.1, 0.15) is 12.7 Å². The molecule has 0 bridgehead atoms. The van der Waals surface area contributed by atoms with Gasteiger partial charge in [-0.2, -0.15) is 5.10 Å². The maximum Gasteiger partial charge on any atom is 0.261 e. The van der Waals surface area contributed by atoms with Crippen molar-refractivity contribution in [3.05, 3.63) is 66.2 Å². The topological polar surface area (TPSA) is 76.9 Å². The zero-order valence-corrected chi connectivity index (χ0v) is 13.7. The summed E-state index contributed by atoms with van der Waals surface area (Å²) in [6.07, 6.45) is 5.99. The molecule has 7 heteroatoms. The van der Waals surface area contributed by atoms with Crippen LogP contribution in [-0.2, 0) is 22.9 Å². The van der Waals surface area contributed by atoms with E-state index in [4.69, 9.17) is 0 Å². The Morgan fingerprint density at radius 2 is 1.88 bits per heavy atom. The Hall–Kier alpha value is -2.67. The Morgan fingerprint density at radius 3 is 2.71 bits per heavy atom. The van der Waals surface area contributed by atoms with Gasteiger partial charge in [0.25, 0.3) is 10.0 Å². The number of rotatable bonds is 4. The van der Waals surface area contributed by atoms with Gasteiger partial charge in [-0.15, -0.1) is 0 Å². The molecule has 0 spiro atoms. The fraction of sp³-hybridized carbons (Fsp3) is 0.176. The minimum atomic E-state index is -3.66. The van der Waals surface area contributed by atoms with Crippen LogP contribution in [0.2, 0.25) is 0 Å². The second-order valence-electron chi connectivity index (χ2n) is 5.75. The molecule has 1 heterocycles. The standard InChI is InChI=1S/C17H16N4O2S/c22-24(23,15-9-8-13-4-3-5-14(13)10-15)20-16-6-1-2-7-17(16)21-12-18-11-19-21/h1-2,6-12,20H,3-5H2. The summed E-state index contributed by atoms with van der Waals surface area (Å²) in [5, 5.41) is 4.07. The fourth-order valence-corrected chi connectivity index (χ4v) is 4.14. The van der Waals surface area contributed by atoms with Gasteiger partial charge in [-0.1, -0.05) is 18.2 Å². The molecule has 1 aliphatic carbocycles. The van der Waals surface area contributed by atoms with Gasteiger partial charge in [0, 0.05) is 0 Å². The summed E-state index contributed by atoms with van der Waals surface area (Å²) >= 11 is 0. The number of para-hydroxylation sites is 2. The lowest BCUT2D eigenvalue weighted by Crippen LogP contribution is -2.15. The monoisotopic (exact) mass is 340 g/mol. The molecule has 122 valence electrons. The summed E-state index contributed by atoms with van der Waals surface area (Å²) in [5.74, 6) is 0. The first-order valence-electron chi connectivity index (χ1n) is 7.72. The number of hydrogen-bond acceptors (Lipinski definition) is 4. The van der Waals surface area contributed by atoms with Crippen molar-refractivity contribution in [2.45, 2.75) is 24.2 Å². The van der Waals surface area contributed by atoms with Gasteiger partial charge in [0.05, 0.1) is 16.3 Å². The molecule has 0 amide bonds. The van der Waals surface area contributed by atoms with Crippen LogP contribution in [0.3, 0.4) is 0 Å². The number of aryl methyl sites for hydroxylation is 2. The molecule has 24 heavy (non-hydrogen) atoms. The van der Waals surface area contributed by atoms with Crippen LogP contribution in [0.4, 0.5) is 5.69 Å². The van der Waals surface area contributed by atoms with Crippen LogP contribution in [0, 0.1) is 0 Å². The van der Waals surface area contributed by atoms with Crippen molar-refractivity contribution in [1.29, 1.82) is 0 Å². The highest BCUT2D eigenvalue weighted by molar-refractivity contribution is 7.92. The van der Waals surface area contributed by atoms with E-state index < -0.39 is 10.0 Å². The molecule has 1 N–H and O–H groups in total. The van der Waals surface area contributed by atoms with Crippen molar-refractivity contribution in [3.63, 3.8) is 0 Å². The summed E-state index contributed by atoms with van der Waals surface area (Å²) < 4.78 is 29.7. The number of sulfonamides is 1. The third kappa shape index (κ3) is 2.67. The number of benzene rings is 2. The van der Waals surface area contributed by atoms with Crippen LogP contribution in [0.1, 0.15) is 17.5 Å². The summed E-state index contributed by atoms with van der Waals surface area (Å²) in [7, 11) is -3.66. The molecule has 3 aromatic rings. The van der Waals surface area contributed by atoms with Gasteiger partial charge in [0.2, 0.25) is 0 Å². The smallest absolute Gasteiger partial charge is 0.261 e. The van der Waals surface area contributed by atoms with E-state index in [1.807, 2.05) is 12.1 Å². The number of hydrogen-bond donors (Lipinski definition) is 1. The van der Waals surface area contributed by atoms with Gasteiger partial charge in [-0.25, -0.2) is 18.1 Å². The molecule has 0 radical (unpaired) electrons. The van der Waals surface area contributed by atoms with Crippen molar-refractivity contribution in [2.75, 3.05) is 4.72 Å². The van der Waals surface area contributed by atoms with E-state index in [1.54, 1.807) is 30.3 Å². The lowest BCUT2D eigenvalue weighted by molar-refractivity contribution is 0.601. The first kappa shape index (κ1) is 14.9. The number of anilines is 1. The van der Waals surface area contributed by atoms with Gasteiger partial charge in [-0.3, -0.25) is 4.72 Å². The van der Waals surface area contributed by atoms with Crippen LogP contribution in [0.15, 0.2) is 60.0 Å². The Morgan fingerprint density at radius 1 is 1.04 bits per heavy atom. The molecular weight excluding hydrogens is 324 g/mol. The van der Waals surface area contributed by atoms with Crippen LogP contribution in [0.5, 0.6) is 0 Å². The Kier molecular flexibility index (Phi) is 3.57. The van der Waals surface area contributed by atoms with E-state index in [1.165, 1.54) is 22.9 Å². The van der Waals surface area contributed by atoms with E-state index in [-0.39, 0.29) is 4.90 Å². The second kappa shape index (κ2) is 5.76. The van der Waals surface area contributed by atoms with Crippen molar-refractivity contribution < 1.29 is 8.42 Å². The average molecular weight is 340 g/mol. The van der Waals surface area contributed by atoms with E-state index in [9.17, 15) is 8.42 Å². The molecule has 2 aromatic carbocycles. The molecular formula is C17H16N4O2S. The van der Waals surface area contributed by atoms with Crippen molar-refractivity contribution in [1.82, 2.24) is 14.8 Å². The Bertz CT molecular complexity index is 982. The highest BCUT2D eigenvalue weighted by Crippen LogP contribution is 2.27. The maximum atomic E-state index is 12.8. The average Bonchev–Trinajstić information content (AvgIpc) is 3.26. The third-order valence-corrected chi connectivity index (χ3v) is 5.56. The first-order valence-corrected chi connectivity index (χ1v) is 9.20. The quantitative estimate of drug-likeness (QED) is 0.792. The van der Waals surface area contributed by atoms with Crippen molar-refractivity contribution >= 4 is 15.7 Å². The first-order chi connectivity index (χ1) is 11.6. The highest BCUT2D eigenvalue weighted by Gasteiger charge is 2.20. The highest BCUT2D eigenvalue weighted by atomic mass is 32.2. The predicted molar refractivity (Wildman–Crippen MR) is 90.6 cm³/mol. The van der Waals surface area contributed by atoms with Crippen LogP contribution in [0.25, 0.3) is 5.69 Å². The largest absolute Gasteiger partial charge is 0.277 e. The zero-order valence-electron chi connectivity index (χ0n) is 12.9. The minimum Gasteiger partial charge on any atom is -0.277 e. The Labute approximate surface area is 140 Å². The van der Waals surface area contributed by atoms with Gasteiger partial charge in [0.15, 0.2) is 0 Å². The Balaban J connectivity index is 1.70. The minimum absolute atomic E-state index is 0.288. The third-order valence-electron chi connectivity index (χ3n) is 4.19. The molecule has 1 aromatic heterocycles. The van der Waals surface area contributed by atoms with E-state index in [2.05, 4.69) is 14.8 Å². The molecule has 0 saturated heterocycles. The molecule has 0 fully saturated rings. The number of fused-ring (bicyclic) bond motifs is 1. The summed E-state index contributed by atoms with van der Waals surface area (Å²) in [4.78, 5) is 4.20. The molecule has 1 aliphatic rings. The molecule has 4 rings (SSSR count). The lowest BCUT2D eigenvalue weighted by Gasteiger charge is -2.13. The van der Waals surface area contributed by atoms with Crippen LogP contribution < -0.4 is 4.72 Å². The van der Waals surface area contributed by atoms with Gasteiger partial charge < -0.3 is 0 Å². The SMILES string of the molecule is O=S(=O)(Nc1ccccc1-n1cncn1)c1ccc2c(c1)CCC2. The number of nitrogens with one attached hydrogen (secondary N) is 1. The summed E-state index contributed by atoms with van der Waals surface area (Å²) in [6.45, 7) is 0. The number of nitrogens with zero attached hydrogens (tertiary/aromatic N) is 3. The predicted octanol–water partition coefficient (Wildman–Crippen LogP) is 2.56. The molecule has 0 aliphatic heterocycles. The normalized spacial score (nSPS) is 13.7. The zero-order chi connectivity index (χ0) is 16.6. The molecule has 6 nitrogen and oxygen atoms in total. The summed E-state index contributed by atoms with van der Waals surface area (Å²) in [5.41, 5.74) is 3.46. The van der Waals surface area contributed by atoms with E-state index >= 15 is 0 Å². The fourth-order valence-electron chi connectivity index (χ4n) is 3.01. The van der Waals surface area contributed by atoms with Gasteiger partial charge in [-0.05, 0) is 54.7 Å². The number of aromatic nitrogens is 3. The molecule has 0 unspecified atom stereocenters. The second-order valence-corrected chi connectivity index (χ2v) is 7.43. The molecule has 0 atom stereocenters. The van der Waals surface area contributed by atoms with E-state index in [0.29, 0.717) is 11.4 Å². The molecule has 0 saturated carbocycles. The van der Waals surface area contributed by atoms with E-state index in [0.717, 1.165) is 24.8 Å². The van der Waals surface area contributed by atoms with Crippen LogP contribution in [-0.4, -0.2) is 23.2 Å². The van der Waals surface area contributed by atoms with Crippen molar-refractivity contribution in [3.8, 4) is 5.69 Å². The van der Waals surface area contributed by atoms with Crippen molar-refractivity contribution in [2.24, 2.45) is 0 Å². The maximum absolute atomic E-state index is 12.8. The van der Waals surface area contributed by atoms with Crippen LogP contribution >= 0.6 is 0 Å². The summed E-state index contributed by atoms with van der Waals surface area (Å²) in [6, 6.07) is 12.5.